The van der Waals surface area contributed by atoms with E-state index in [1.54, 1.807) is 12.1 Å². The quantitative estimate of drug-likeness (QED) is 0.442. The number of aliphatic imine (C=N–C) groups is 1. The summed E-state index contributed by atoms with van der Waals surface area (Å²) in [5.74, 6) is 1.28. The molecule has 0 atom stereocenters. The highest BCUT2D eigenvalue weighted by Crippen LogP contribution is 2.15. The van der Waals surface area contributed by atoms with Crippen molar-refractivity contribution in [1.82, 2.24) is 10.2 Å². The number of rotatable bonds is 4. The molecule has 1 heterocycles. The Labute approximate surface area is 131 Å². The summed E-state index contributed by atoms with van der Waals surface area (Å²) in [7, 11) is 0. The second-order valence-electron chi connectivity index (χ2n) is 5.71. The molecule has 0 radical (unpaired) electrons. The first-order valence-electron chi connectivity index (χ1n) is 7.68. The van der Waals surface area contributed by atoms with Crippen LogP contribution in [0, 0.1) is 5.92 Å². The smallest absolute Gasteiger partial charge is 0.251 e. The summed E-state index contributed by atoms with van der Waals surface area (Å²) in [5, 5.41) is 12.0. The molecule has 22 heavy (non-hydrogen) atoms. The third-order valence-electron chi connectivity index (χ3n) is 3.91. The molecule has 0 aliphatic carbocycles. The molecule has 1 saturated heterocycles. The van der Waals surface area contributed by atoms with Gasteiger partial charge in [0.1, 0.15) is 5.75 Å². The van der Waals surface area contributed by atoms with Gasteiger partial charge in [-0.3, -0.25) is 9.79 Å². The summed E-state index contributed by atoms with van der Waals surface area (Å²) in [6, 6.07) is 6.14. The topological polar surface area (TPSA) is 91.0 Å². The zero-order chi connectivity index (χ0) is 15.9. The molecule has 1 fully saturated rings. The lowest BCUT2D eigenvalue weighted by Gasteiger charge is -2.31. The average molecular weight is 304 g/mol. The Kier molecular flexibility index (Phi) is 5.63. The van der Waals surface area contributed by atoms with Crippen LogP contribution in [-0.2, 0) is 0 Å². The third-order valence-corrected chi connectivity index (χ3v) is 3.91. The first-order chi connectivity index (χ1) is 10.6. The normalized spacial score (nSPS) is 16.6. The standard InChI is InChI=1S/C16H24N4O2/c1-12-6-10-20(11-7-12)16(17)19-9-8-18-15(22)13-2-4-14(21)5-3-13/h2-5,12,21H,6-11H2,1H3,(H2,17,19)(H,18,22). The van der Waals surface area contributed by atoms with E-state index in [0.29, 0.717) is 24.6 Å². The van der Waals surface area contributed by atoms with Gasteiger partial charge in [-0.1, -0.05) is 6.92 Å². The van der Waals surface area contributed by atoms with Crippen molar-refractivity contribution < 1.29 is 9.90 Å². The number of hydrogen-bond donors (Lipinski definition) is 3. The number of carbonyl (C=O) groups excluding carboxylic acids is 1. The lowest BCUT2D eigenvalue weighted by molar-refractivity contribution is 0.0954. The van der Waals surface area contributed by atoms with Crippen molar-refractivity contribution >= 4 is 11.9 Å². The van der Waals surface area contributed by atoms with Gasteiger partial charge in [0, 0.05) is 25.2 Å². The summed E-state index contributed by atoms with van der Waals surface area (Å²) in [4.78, 5) is 18.3. The number of nitrogens with two attached hydrogens (primary N) is 1. The summed E-state index contributed by atoms with van der Waals surface area (Å²) in [6.07, 6.45) is 2.29. The highest BCUT2D eigenvalue weighted by atomic mass is 16.3. The Morgan fingerprint density at radius 3 is 2.64 bits per heavy atom. The van der Waals surface area contributed by atoms with Gasteiger partial charge in [0.2, 0.25) is 0 Å². The van der Waals surface area contributed by atoms with Crippen molar-refractivity contribution in [2.45, 2.75) is 19.8 Å². The zero-order valence-electron chi connectivity index (χ0n) is 13.0. The number of aromatic hydroxyl groups is 1. The van der Waals surface area contributed by atoms with Crippen molar-refractivity contribution in [1.29, 1.82) is 0 Å². The number of amides is 1. The van der Waals surface area contributed by atoms with E-state index in [0.717, 1.165) is 31.8 Å². The van der Waals surface area contributed by atoms with Crippen molar-refractivity contribution in [3.63, 3.8) is 0 Å². The van der Waals surface area contributed by atoms with E-state index in [-0.39, 0.29) is 11.7 Å². The number of carbonyl (C=O) groups is 1. The van der Waals surface area contributed by atoms with E-state index in [4.69, 9.17) is 5.73 Å². The van der Waals surface area contributed by atoms with Crippen molar-refractivity contribution in [2.75, 3.05) is 26.2 Å². The van der Waals surface area contributed by atoms with E-state index in [2.05, 4.69) is 22.1 Å². The van der Waals surface area contributed by atoms with Crippen molar-refractivity contribution in [2.24, 2.45) is 16.6 Å². The maximum Gasteiger partial charge on any atom is 0.251 e. The summed E-state index contributed by atoms with van der Waals surface area (Å²) in [6.45, 7) is 5.06. The summed E-state index contributed by atoms with van der Waals surface area (Å²) in [5.41, 5.74) is 6.49. The molecule has 0 bridgehead atoms. The Balaban J connectivity index is 1.72. The number of likely N-dealkylation sites (tertiary alicyclic amines) is 1. The Bertz CT molecular complexity index is 519. The number of benzene rings is 1. The van der Waals surface area contributed by atoms with Crippen molar-refractivity contribution in [3.05, 3.63) is 29.8 Å². The van der Waals surface area contributed by atoms with Crippen molar-refractivity contribution in [3.8, 4) is 5.75 Å². The van der Waals surface area contributed by atoms with Crippen LogP contribution in [0.25, 0.3) is 0 Å². The molecule has 1 aliphatic rings. The molecule has 0 aromatic heterocycles. The monoisotopic (exact) mass is 304 g/mol. The van der Waals surface area contributed by atoms with E-state index in [1.807, 2.05) is 0 Å². The number of nitrogens with one attached hydrogen (secondary N) is 1. The molecule has 0 spiro atoms. The molecule has 1 amide bonds. The molecular formula is C16H24N4O2. The molecule has 6 nitrogen and oxygen atoms in total. The molecule has 6 heteroatoms. The van der Waals surface area contributed by atoms with Gasteiger partial charge in [0.15, 0.2) is 5.96 Å². The van der Waals surface area contributed by atoms with Gasteiger partial charge in [0.05, 0.1) is 6.54 Å². The Hall–Kier alpha value is -2.24. The molecule has 1 aliphatic heterocycles. The molecule has 4 N–H and O–H groups in total. The van der Waals surface area contributed by atoms with Gasteiger partial charge >= 0.3 is 0 Å². The molecule has 120 valence electrons. The molecule has 2 rings (SSSR count). The first kappa shape index (κ1) is 16.1. The number of hydrogen-bond acceptors (Lipinski definition) is 3. The van der Waals surface area contributed by atoms with Crippen LogP contribution in [0.1, 0.15) is 30.1 Å². The SMILES string of the molecule is CC1CCN(C(N)=NCCNC(=O)c2ccc(O)cc2)CC1. The fourth-order valence-corrected chi connectivity index (χ4v) is 2.39. The Morgan fingerprint density at radius 1 is 1.36 bits per heavy atom. The maximum atomic E-state index is 11.9. The van der Waals surface area contributed by atoms with Crippen LogP contribution >= 0.6 is 0 Å². The molecule has 1 aromatic rings. The number of piperidine rings is 1. The summed E-state index contributed by atoms with van der Waals surface area (Å²) < 4.78 is 0. The second kappa shape index (κ2) is 7.68. The fourth-order valence-electron chi connectivity index (χ4n) is 2.39. The van der Waals surface area contributed by atoms with Crippen LogP contribution in [0.5, 0.6) is 5.75 Å². The zero-order valence-corrected chi connectivity index (χ0v) is 13.0. The average Bonchev–Trinajstić information content (AvgIpc) is 2.52. The predicted octanol–water partition coefficient (Wildman–Crippen LogP) is 1.17. The van der Waals surface area contributed by atoms with E-state index in [1.165, 1.54) is 12.1 Å². The lowest BCUT2D eigenvalue weighted by atomic mass is 10.00. The fraction of sp³-hybridized carbons (Fsp3) is 0.500. The van der Waals surface area contributed by atoms with Crippen LogP contribution in [0.15, 0.2) is 29.3 Å². The van der Waals surface area contributed by atoms with E-state index in [9.17, 15) is 9.90 Å². The van der Waals surface area contributed by atoms with Gasteiger partial charge in [0.25, 0.3) is 5.91 Å². The van der Waals surface area contributed by atoms with Crippen LogP contribution in [-0.4, -0.2) is 48.1 Å². The van der Waals surface area contributed by atoms with Crippen LogP contribution in [0.3, 0.4) is 0 Å². The van der Waals surface area contributed by atoms with Crippen LogP contribution in [0.4, 0.5) is 0 Å². The highest BCUT2D eigenvalue weighted by Gasteiger charge is 2.16. The van der Waals surface area contributed by atoms with E-state index >= 15 is 0 Å². The predicted molar refractivity (Wildman–Crippen MR) is 86.9 cm³/mol. The lowest BCUT2D eigenvalue weighted by Crippen LogP contribution is -2.42. The first-order valence-corrected chi connectivity index (χ1v) is 7.68. The van der Waals surface area contributed by atoms with Crippen LogP contribution in [0.2, 0.25) is 0 Å². The highest BCUT2D eigenvalue weighted by molar-refractivity contribution is 5.94. The van der Waals surface area contributed by atoms with Gasteiger partial charge in [-0.15, -0.1) is 0 Å². The van der Waals surface area contributed by atoms with Gasteiger partial charge in [-0.05, 0) is 43.0 Å². The minimum Gasteiger partial charge on any atom is -0.508 e. The second-order valence-corrected chi connectivity index (χ2v) is 5.71. The number of phenols is 1. The minimum atomic E-state index is -0.180. The third kappa shape index (κ3) is 4.65. The van der Waals surface area contributed by atoms with Gasteiger partial charge in [-0.25, -0.2) is 0 Å². The van der Waals surface area contributed by atoms with Gasteiger partial charge < -0.3 is 21.1 Å². The van der Waals surface area contributed by atoms with Gasteiger partial charge in [-0.2, -0.15) is 0 Å². The molecule has 0 unspecified atom stereocenters. The molecule has 0 saturated carbocycles. The number of nitrogens with zero attached hydrogens (tertiary/aromatic N) is 2. The minimum absolute atomic E-state index is 0.143. The summed E-state index contributed by atoms with van der Waals surface area (Å²) >= 11 is 0. The number of phenolic OH excluding ortho intramolecular Hbond substituents is 1. The maximum absolute atomic E-state index is 11.9. The largest absolute Gasteiger partial charge is 0.508 e. The number of guanidine groups is 1. The van der Waals surface area contributed by atoms with E-state index < -0.39 is 0 Å². The van der Waals surface area contributed by atoms with Crippen LogP contribution < -0.4 is 11.1 Å². The Morgan fingerprint density at radius 2 is 2.00 bits per heavy atom. The molecule has 1 aromatic carbocycles. The molecular weight excluding hydrogens is 280 g/mol.